The van der Waals surface area contributed by atoms with E-state index in [1.54, 1.807) is 0 Å². The Morgan fingerprint density at radius 3 is 2.74 bits per heavy atom. The molecule has 2 saturated heterocycles. The quantitative estimate of drug-likeness (QED) is 0.843. The van der Waals surface area contributed by atoms with E-state index >= 15 is 0 Å². The first-order chi connectivity index (χ1) is 9.01. The lowest BCUT2D eigenvalue weighted by Crippen LogP contribution is -2.49. The number of likely N-dealkylation sites (N-methyl/N-ethyl adjacent to an activating group) is 1. The zero-order valence-corrected chi connectivity index (χ0v) is 12.6. The largest absolute Gasteiger partial charge is 0.376 e. The number of ether oxygens (including phenoxy) is 1. The Kier molecular flexibility index (Phi) is 4.85. The van der Waals surface area contributed by atoms with Crippen molar-refractivity contribution in [1.82, 2.24) is 10.2 Å². The zero-order valence-electron chi connectivity index (χ0n) is 12.6. The van der Waals surface area contributed by atoms with Gasteiger partial charge >= 0.3 is 0 Å². The molecule has 1 N–H and O–H groups in total. The lowest BCUT2D eigenvalue weighted by Gasteiger charge is -2.39. The van der Waals surface area contributed by atoms with Gasteiger partial charge in [0.2, 0.25) is 5.91 Å². The molecule has 4 nitrogen and oxygen atoms in total. The summed E-state index contributed by atoms with van der Waals surface area (Å²) in [6, 6.07) is 0. The molecule has 2 fully saturated rings. The second-order valence-electron chi connectivity index (χ2n) is 6.59. The van der Waals surface area contributed by atoms with Gasteiger partial charge in [-0.2, -0.15) is 0 Å². The second-order valence-corrected chi connectivity index (χ2v) is 6.59. The van der Waals surface area contributed by atoms with Crippen LogP contribution in [0.15, 0.2) is 0 Å². The highest BCUT2D eigenvalue weighted by atomic mass is 16.5. The van der Waals surface area contributed by atoms with Gasteiger partial charge in [-0.25, -0.2) is 0 Å². The number of hydrogen-bond donors (Lipinski definition) is 1. The molecule has 0 aromatic carbocycles. The Morgan fingerprint density at radius 1 is 1.37 bits per heavy atom. The maximum atomic E-state index is 12.7. The molecule has 2 aliphatic heterocycles. The van der Waals surface area contributed by atoms with Crippen LogP contribution in [0.3, 0.4) is 0 Å². The lowest BCUT2D eigenvalue weighted by atomic mass is 9.74. The van der Waals surface area contributed by atoms with Gasteiger partial charge < -0.3 is 15.0 Å². The van der Waals surface area contributed by atoms with Crippen molar-refractivity contribution in [3.05, 3.63) is 0 Å². The van der Waals surface area contributed by atoms with Crippen molar-refractivity contribution in [2.75, 3.05) is 33.3 Å². The minimum absolute atomic E-state index is 0.245. The number of piperidine rings is 1. The fraction of sp³-hybridized carbons (Fsp3) is 0.933. The normalized spacial score (nSPS) is 28.4. The van der Waals surface area contributed by atoms with E-state index in [0.29, 0.717) is 5.92 Å². The number of nitrogens with zero attached hydrogens (tertiary/aromatic N) is 1. The van der Waals surface area contributed by atoms with Gasteiger partial charge in [0.05, 0.1) is 6.10 Å². The number of carbonyl (C=O) groups is 1. The molecular weight excluding hydrogens is 240 g/mol. The number of nitrogens with one attached hydrogen (secondary N) is 1. The van der Waals surface area contributed by atoms with Crippen molar-refractivity contribution in [3.8, 4) is 0 Å². The lowest BCUT2D eigenvalue weighted by molar-refractivity contribution is -0.143. The van der Waals surface area contributed by atoms with Gasteiger partial charge in [-0.15, -0.1) is 0 Å². The molecule has 0 aliphatic carbocycles. The van der Waals surface area contributed by atoms with Crippen LogP contribution >= 0.6 is 0 Å². The minimum atomic E-state index is -0.277. The molecule has 19 heavy (non-hydrogen) atoms. The van der Waals surface area contributed by atoms with Gasteiger partial charge in [0.15, 0.2) is 0 Å². The highest BCUT2D eigenvalue weighted by Gasteiger charge is 2.39. The molecule has 0 aromatic heterocycles. The van der Waals surface area contributed by atoms with Crippen LogP contribution < -0.4 is 5.32 Å². The molecule has 2 unspecified atom stereocenters. The van der Waals surface area contributed by atoms with E-state index < -0.39 is 0 Å². The average molecular weight is 268 g/mol. The summed E-state index contributed by atoms with van der Waals surface area (Å²) in [4.78, 5) is 14.6. The molecule has 1 amide bonds. The topological polar surface area (TPSA) is 41.6 Å². The first kappa shape index (κ1) is 14.8. The monoisotopic (exact) mass is 268 g/mol. The number of carbonyl (C=O) groups excluding carboxylic acids is 1. The zero-order chi connectivity index (χ0) is 13.9. The van der Waals surface area contributed by atoms with Gasteiger partial charge in [-0.3, -0.25) is 4.79 Å². The van der Waals surface area contributed by atoms with E-state index in [2.05, 4.69) is 19.2 Å². The van der Waals surface area contributed by atoms with Crippen LogP contribution in [0.25, 0.3) is 0 Å². The third-order valence-corrected chi connectivity index (χ3v) is 4.72. The van der Waals surface area contributed by atoms with E-state index in [9.17, 15) is 4.79 Å². The molecule has 110 valence electrons. The van der Waals surface area contributed by atoms with Gasteiger partial charge in [0.25, 0.3) is 0 Å². The van der Waals surface area contributed by atoms with Crippen molar-refractivity contribution in [3.63, 3.8) is 0 Å². The Balaban J connectivity index is 1.91. The number of amides is 1. The van der Waals surface area contributed by atoms with Crippen LogP contribution in [0.1, 0.15) is 39.5 Å². The predicted octanol–water partition coefficient (Wildman–Crippen LogP) is 1.65. The summed E-state index contributed by atoms with van der Waals surface area (Å²) in [5.41, 5.74) is -0.277. The fourth-order valence-corrected chi connectivity index (χ4v) is 3.31. The summed E-state index contributed by atoms with van der Waals surface area (Å²) in [6.07, 6.45) is 4.79. The van der Waals surface area contributed by atoms with Crippen molar-refractivity contribution < 1.29 is 9.53 Å². The Hall–Kier alpha value is -0.610. The van der Waals surface area contributed by atoms with Crippen LogP contribution in [0.5, 0.6) is 0 Å². The predicted molar refractivity (Wildman–Crippen MR) is 76.0 cm³/mol. The van der Waals surface area contributed by atoms with Crippen LogP contribution in [0.2, 0.25) is 0 Å². The molecule has 2 heterocycles. The maximum Gasteiger partial charge on any atom is 0.228 e. The van der Waals surface area contributed by atoms with Crippen molar-refractivity contribution >= 4 is 5.91 Å². The van der Waals surface area contributed by atoms with E-state index in [-0.39, 0.29) is 17.4 Å². The summed E-state index contributed by atoms with van der Waals surface area (Å²) >= 11 is 0. The molecule has 0 radical (unpaired) electrons. The highest BCUT2D eigenvalue weighted by Crippen LogP contribution is 2.33. The van der Waals surface area contributed by atoms with Crippen molar-refractivity contribution in [2.24, 2.45) is 11.3 Å². The Morgan fingerprint density at radius 2 is 2.16 bits per heavy atom. The first-order valence-electron chi connectivity index (χ1n) is 7.59. The van der Waals surface area contributed by atoms with Crippen molar-refractivity contribution in [2.45, 2.75) is 45.6 Å². The molecule has 2 rings (SSSR count). The van der Waals surface area contributed by atoms with Gasteiger partial charge in [-0.1, -0.05) is 13.8 Å². The van der Waals surface area contributed by atoms with E-state index in [0.717, 1.165) is 45.5 Å². The van der Waals surface area contributed by atoms with Crippen LogP contribution in [0, 0.1) is 11.3 Å². The molecule has 0 saturated carbocycles. The minimum Gasteiger partial charge on any atom is -0.376 e. The van der Waals surface area contributed by atoms with Gasteiger partial charge in [-0.05, 0) is 44.7 Å². The molecule has 0 spiro atoms. The standard InChI is InChI=1S/C15H28N2O2/c1-15(2,12-6-4-8-16-10-12)14(18)17(3)11-13-7-5-9-19-13/h12-13,16H,4-11H2,1-3H3. The summed E-state index contributed by atoms with van der Waals surface area (Å²) in [6.45, 7) is 7.84. The van der Waals surface area contributed by atoms with E-state index in [1.165, 1.54) is 6.42 Å². The third kappa shape index (κ3) is 3.48. The van der Waals surface area contributed by atoms with E-state index in [4.69, 9.17) is 4.74 Å². The van der Waals surface area contributed by atoms with Crippen LogP contribution in [0.4, 0.5) is 0 Å². The Labute approximate surface area is 116 Å². The smallest absolute Gasteiger partial charge is 0.228 e. The Bertz CT molecular complexity index is 305. The molecule has 0 bridgehead atoms. The molecule has 2 atom stereocenters. The summed E-state index contributed by atoms with van der Waals surface area (Å²) < 4.78 is 5.63. The number of hydrogen-bond acceptors (Lipinski definition) is 3. The van der Waals surface area contributed by atoms with Gasteiger partial charge in [0.1, 0.15) is 0 Å². The van der Waals surface area contributed by atoms with Crippen molar-refractivity contribution in [1.29, 1.82) is 0 Å². The SMILES string of the molecule is CN(CC1CCCO1)C(=O)C(C)(C)C1CCCNC1. The highest BCUT2D eigenvalue weighted by molar-refractivity contribution is 5.82. The molecule has 0 aromatic rings. The number of rotatable bonds is 4. The van der Waals surface area contributed by atoms with Gasteiger partial charge in [0, 0.05) is 25.6 Å². The first-order valence-corrected chi connectivity index (χ1v) is 7.59. The summed E-state index contributed by atoms with van der Waals surface area (Å²) in [5, 5.41) is 3.41. The maximum absolute atomic E-state index is 12.7. The third-order valence-electron chi connectivity index (χ3n) is 4.72. The molecular formula is C15H28N2O2. The second kappa shape index (κ2) is 6.23. The summed E-state index contributed by atoms with van der Waals surface area (Å²) in [7, 11) is 1.92. The fourth-order valence-electron chi connectivity index (χ4n) is 3.31. The van der Waals surface area contributed by atoms with Crippen LogP contribution in [-0.4, -0.2) is 50.2 Å². The van der Waals surface area contributed by atoms with E-state index in [1.807, 2.05) is 11.9 Å². The average Bonchev–Trinajstić information content (AvgIpc) is 2.91. The molecule has 2 aliphatic rings. The van der Waals surface area contributed by atoms with Crippen LogP contribution in [-0.2, 0) is 9.53 Å². The summed E-state index contributed by atoms with van der Waals surface area (Å²) in [5.74, 6) is 0.706. The molecule has 4 heteroatoms.